The lowest BCUT2D eigenvalue weighted by Crippen LogP contribution is -2.26. The Balaban J connectivity index is 1.58. The summed E-state index contributed by atoms with van der Waals surface area (Å²) in [5.74, 6) is -0.159. The minimum absolute atomic E-state index is 0.0365. The zero-order chi connectivity index (χ0) is 20.4. The fraction of sp³-hybridized carbons (Fsp3) is 0.227. The standard InChI is InChI=1S/C22H21FN4O2/c1-26(14-15-7-11-17(23)12-8-15)22(29)19-13-20(24-21(28)16-9-10-16)27(25-19)18-5-3-2-4-6-18/h2-8,11-13,16H,9-10,14H2,1H3,(H,24,28). The first kappa shape index (κ1) is 18.9. The van der Waals surface area contributed by atoms with E-state index in [4.69, 9.17) is 0 Å². The summed E-state index contributed by atoms with van der Waals surface area (Å²) in [7, 11) is 1.66. The summed E-state index contributed by atoms with van der Waals surface area (Å²) in [4.78, 5) is 26.7. The minimum atomic E-state index is -0.319. The first-order chi connectivity index (χ1) is 14.0. The highest BCUT2D eigenvalue weighted by atomic mass is 19.1. The van der Waals surface area contributed by atoms with E-state index < -0.39 is 0 Å². The molecule has 0 unspecified atom stereocenters. The van der Waals surface area contributed by atoms with Gasteiger partial charge in [-0.05, 0) is 42.7 Å². The fourth-order valence-electron chi connectivity index (χ4n) is 3.05. The lowest BCUT2D eigenvalue weighted by Gasteiger charge is -2.15. The molecule has 1 aliphatic rings. The van der Waals surface area contributed by atoms with Gasteiger partial charge in [-0.25, -0.2) is 9.07 Å². The van der Waals surface area contributed by atoms with Crippen molar-refractivity contribution in [3.8, 4) is 5.69 Å². The number of nitrogens with zero attached hydrogens (tertiary/aromatic N) is 3. The number of para-hydroxylation sites is 1. The molecule has 1 saturated carbocycles. The van der Waals surface area contributed by atoms with Crippen molar-refractivity contribution in [3.05, 3.63) is 77.7 Å². The molecular weight excluding hydrogens is 371 g/mol. The summed E-state index contributed by atoms with van der Waals surface area (Å²) in [5.41, 5.74) is 1.79. The number of benzene rings is 2. The van der Waals surface area contributed by atoms with Crippen LogP contribution in [0.25, 0.3) is 5.69 Å². The molecule has 2 amide bonds. The predicted molar refractivity (Wildman–Crippen MR) is 107 cm³/mol. The normalized spacial score (nSPS) is 13.2. The number of nitrogens with one attached hydrogen (secondary N) is 1. The Morgan fingerprint density at radius 1 is 1.14 bits per heavy atom. The third-order valence-corrected chi connectivity index (χ3v) is 4.81. The maximum absolute atomic E-state index is 13.1. The van der Waals surface area contributed by atoms with Gasteiger partial charge in [0, 0.05) is 25.6 Å². The highest BCUT2D eigenvalue weighted by molar-refractivity contribution is 5.97. The molecule has 1 heterocycles. The van der Waals surface area contributed by atoms with Crippen molar-refractivity contribution >= 4 is 17.6 Å². The van der Waals surface area contributed by atoms with E-state index in [1.165, 1.54) is 17.0 Å². The molecule has 6 nitrogen and oxygen atoms in total. The fourth-order valence-corrected chi connectivity index (χ4v) is 3.05. The Morgan fingerprint density at radius 2 is 1.83 bits per heavy atom. The van der Waals surface area contributed by atoms with Crippen LogP contribution in [0.3, 0.4) is 0 Å². The van der Waals surface area contributed by atoms with Gasteiger partial charge in [0.05, 0.1) is 5.69 Å². The largest absolute Gasteiger partial charge is 0.336 e. The van der Waals surface area contributed by atoms with Crippen LogP contribution in [0.5, 0.6) is 0 Å². The number of halogens is 1. The lowest BCUT2D eigenvalue weighted by atomic mass is 10.2. The number of anilines is 1. The molecule has 0 bridgehead atoms. The van der Waals surface area contributed by atoms with Crippen molar-refractivity contribution < 1.29 is 14.0 Å². The van der Waals surface area contributed by atoms with Crippen LogP contribution in [0.4, 0.5) is 10.2 Å². The van der Waals surface area contributed by atoms with Crippen LogP contribution in [-0.2, 0) is 11.3 Å². The molecule has 0 aliphatic heterocycles. The Hall–Kier alpha value is -3.48. The number of amides is 2. The second-order valence-corrected chi connectivity index (χ2v) is 7.21. The van der Waals surface area contributed by atoms with Gasteiger partial charge in [-0.1, -0.05) is 30.3 Å². The zero-order valence-electron chi connectivity index (χ0n) is 16.0. The molecule has 29 heavy (non-hydrogen) atoms. The molecule has 1 N–H and O–H groups in total. The molecule has 0 atom stereocenters. The molecular formula is C22H21FN4O2. The summed E-state index contributed by atoms with van der Waals surface area (Å²) in [6, 6.07) is 16.9. The molecule has 0 saturated heterocycles. The molecule has 1 fully saturated rings. The summed E-state index contributed by atoms with van der Waals surface area (Å²) in [6.45, 7) is 0.321. The number of carbonyl (C=O) groups is 2. The maximum Gasteiger partial charge on any atom is 0.274 e. The molecule has 2 aromatic carbocycles. The van der Waals surface area contributed by atoms with Gasteiger partial charge < -0.3 is 10.2 Å². The monoisotopic (exact) mass is 392 g/mol. The number of aromatic nitrogens is 2. The van der Waals surface area contributed by atoms with E-state index in [1.807, 2.05) is 30.3 Å². The van der Waals surface area contributed by atoms with E-state index in [0.717, 1.165) is 24.1 Å². The summed E-state index contributed by atoms with van der Waals surface area (Å²) in [6.07, 6.45) is 1.77. The summed E-state index contributed by atoms with van der Waals surface area (Å²) >= 11 is 0. The van der Waals surface area contributed by atoms with Crippen LogP contribution in [0.2, 0.25) is 0 Å². The van der Waals surface area contributed by atoms with Crippen molar-refractivity contribution in [2.45, 2.75) is 19.4 Å². The maximum atomic E-state index is 13.1. The second kappa shape index (κ2) is 7.87. The van der Waals surface area contributed by atoms with Crippen molar-refractivity contribution in [2.24, 2.45) is 5.92 Å². The Labute approximate surface area is 167 Å². The van der Waals surface area contributed by atoms with Gasteiger partial charge in [0.2, 0.25) is 5.91 Å². The molecule has 4 rings (SSSR count). The van der Waals surface area contributed by atoms with Gasteiger partial charge in [0.1, 0.15) is 11.6 Å². The first-order valence-corrected chi connectivity index (χ1v) is 9.47. The third-order valence-electron chi connectivity index (χ3n) is 4.81. The van der Waals surface area contributed by atoms with Crippen LogP contribution < -0.4 is 5.32 Å². The lowest BCUT2D eigenvalue weighted by molar-refractivity contribution is -0.117. The van der Waals surface area contributed by atoms with E-state index in [0.29, 0.717) is 12.4 Å². The second-order valence-electron chi connectivity index (χ2n) is 7.21. The summed E-state index contributed by atoms with van der Waals surface area (Å²) in [5, 5.41) is 7.33. The molecule has 1 aromatic heterocycles. The van der Waals surface area contributed by atoms with E-state index in [2.05, 4.69) is 10.4 Å². The third kappa shape index (κ3) is 4.34. The zero-order valence-corrected chi connectivity index (χ0v) is 16.0. The van der Waals surface area contributed by atoms with Gasteiger partial charge in [-0.2, -0.15) is 5.10 Å². The van der Waals surface area contributed by atoms with Crippen molar-refractivity contribution in [2.75, 3.05) is 12.4 Å². The minimum Gasteiger partial charge on any atom is -0.336 e. The van der Waals surface area contributed by atoms with E-state index in [-0.39, 0.29) is 29.2 Å². The average Bonchev–Trinajstić information content (AvgIpc) is 3.51. The van der Waals surface area contributed by atoms with Gasteiger partial charge >= 0.3 is 0 Å². The van der Waals surface area contributed by atoms with Crippen LogP contribution >= 0.6 is 0 Å². The molecule has 7 heteroatoms. The van der Waals surface area contributed by atoms with Crippen LogP contribution in [0.15, 0.2) is 60.7 Å². The highest BCUT2D eigenvalue weighted by Gasteiger charge is 2.31. The van der Waals surface area contributed by atoms with Crippen LogP contribution in [0, 0.1) is 11.7 Å². The average molecular weight is 392 g/mol. The van der Waals surface area contributed by atoms with Gasteiger partial charge in [0.15, 0.2) is 5.69 Å². The smallest absolute Gasteiger partial charge is 0.274 e. The molecule has 0 radical (unpaired) electrons. The topological polar surface area (TPSA) is 67.2 Å². The summed E-state index contributed by atoms with van der Waals surface area (Å²) < 4.78 is 14.7. The van der Waals surface area contributed by atoms with Gasteiger partial charge in [-0.3, -0.25) is 9.59 Å². The number of hydrogen-bond acceptors (Lipinski definition) is 3. The first-order valence-electron chi connectivity index (χ1n) is 9.47. The Morgan fingerprint density at radius 3 is 2.48 bits per heavy atom. The van der Waals surface area contributed by atoms with Crippen molar-refractivity contribution in [1.82, 2.24) is 14.7 Å². The van der Waals surface area contributed by atoms with E-state index >= 15 is 0 Å². The highest BCUT2D eigenvalue weighted by Crippen LogP contribution is 2.30. The van der Waals surface area contributed by atoms with Crippen LogP contribution in [-0.4, -0.2) is 33.5 Å². The number of hydrogen-bond donors (Lipinski definition) is 1. The van der Waals surface area contributed by atoms with Crippen molar-refractivity contribution in [1.29, 1.82) is 0 Å². The number of carbonyl (C=O) groups excluding carboxylic acids is 2. The SMILES string of the molecule is CN(Cc1ccc(F)cc1)C(=O)c1cc(NC(=O)C2CC2)n(-c2ccccc2)n1. The Bertz CT molecular complexity index is 1030. The van der Waals surface area contributed by atoms with E-state index in [1.54, 1.807) is 29.9 Å². The molecule has 0 spiro atoms. The predicted octanol–water partition coefficient (Wildman–Crippen LogP) is 3.63. The van der Waals surface area contributed by atoms with Gasteiger partial charge in [-0.15, -0.1) is 0 Å². The van der Waals surface area contributed by atoms with Crippen molar-refractivity contribution in [3.63, 3.8) is 0 Å². The van der Waals surface area contributed by atoms with Gasteiger partial charge in [0.25, 0.3) is 5.91 Å². The quantitative estimate of drug-likeness (QED) is 0.697. The molecule has 3 aromatic rings. The van der Waals surface area contributed by atoms with Crippen LogP contribution in [0.1, 0.15) is 28.9 Å². The molecule has 1 aliphatic carbocycles. The Kier molecular flexibility index (Phi) is 5.12. The molecule has 148 valence electrons. The number of rotatable bonds is 6. The van der Waals surface area contributed by atoms with E-state index in [9.17, 15) is 14.0 Å².